The van der Waals surface area contributed by atoms with Gasteiger partial charge in [-0.3, -0.25) is 38.7 Å². The number of carbonyl (C=O) groups is 4. The predicted octanol–water partition coefficient (Wildman–Crippen LogP) is 1.38. The van der Waals surface area contributed by atoms with E-state index in [0.717, 1.165) is 33.9 Å². The molecule has 0 fully saturated rings. The molecule has 2 aromatic heterocycles. The van der Waals surface area contributed by atoms with Gasteiger partial charge in [0.1, 0.15) is 12.3 Å². The van der Waals surface area contributed by atoms with Crippen LogP contribution in [-0.4, -0.2) is 80.7 Å². The molecule has 4 rings (SSSR count). The van der Waals surface area contributed by atoms with Gasteiger partial charge in [0.25, 0.3) is 11.1 Å². The van der Waals surface area contributed by atoms with Gasteiger partial charge in [-0.1, -0.05) is 24.3 Å². The molecule has 3 unspecified atom stereocenters. The highest BCUT2D eigenvalue weighted by Crippen LogP contribution is 2.18. The van der Waals surface area contributed by atoms with Crippen molar-refractivity contribution in [3.8, 4) is 0 Å². The lowest BCUT2D eigenvalue weighted by molar-refractivity contribution is -0.183. The average Bonchev–Trinajstić information content (AvgIpc) is 3.02. The van der Waals surface area contributed by atoms with Crippen molar-refractivity contribution in [2.24, 2.45) is 10.2 Å². The summed E-state index contributed by atoms with van der Waals surface area (Å²) in [5, 5.41) is 8.91. The topological polar surface area (TPSA) is 245 Å². The first-order valence-corrected chi connectivity index (χ1v) is 14.2. The number of esters is 4. The van der Waals surface area contributed by atoms with Crippen LogP contribution in [0.4, 0.5) is 11.9 Å². The summed E-state index contributed by atoms with van der Waals surface area (Å²) in [6.45, 7) is 3.66. The normalized spacial score (nSPS) is 13.4. The van der Waals surface area contributed by atoms with Crippen LogP contribution in [0.25, 0.3) is 21.8 Å². The molecule has 4 N–H and O–H groups in total. The lowest BCUT2D eigenvalue weighted by Crippen LogP contribution is -2.51. The zero-order valence-corrected chi connectivity index (χ0v) is 26.0. The number of aromatic amines is 2. The van der Waals surface area contributed by atoms with Crippen LogP contribution in [0.5, 0.6) is 0 Å². The van der Waals surface area contributed by atoms with E-state index in [4.69, 9.17) is 18.9 Å². The van der Waals surface area contributed by atoms with E-state index in [2.05, 4.69) is 41.0 Å². The minimum Gasteiger partial charge on any atom is -0.462 e. The number of anilines is 2. The zero-order valence-electron chi connectivity index (χ0n) is 26.0. The Morgan fingerprint density at radius 3 is 1.79 bits per heavy atom. The van der Waals surface area contributed by atoms with Crippen LogP contribution in [0.2, 0.25) is 0 Å². The molecule has 0 aliphatic rings. The number of para-hydroxylation sites is 2. The van der Waals surface area contributed by atoms with E-state index in [1.165, 1.54) is 0 Å². The first-order chi connectivity index (χ1) is 22.9. The largest absolute Gasteiger partial charge is 0.462 e. The first kappa shape index (κ1) is 34.4. The maximum Gasteiger partial charge on any atom is 0.303 e. The summed E-state index contributed by atoms with van der Waals surface area (Å²) in [5.41, 5.74) is 4.54. The quantitative estimate of drug-likeness (QED) is 0.0684. The molecule has 18 nitrogen and oxygen atoms in total. The number of hydrogen-bond acceptors (Lipinski definition) is 16. The van der Waals surface area contributed by atoms with E-state index in [1.807, 2.05) is 0 Å². The van der Waals surface area contributed by atoms with Crippen LogP contribution in [0, 0.1) is 0 Å². The fraction of sp³-hybridized carbons (Fsp3) is 0.267. The fourth-order valence-electron chi connectivity index (χ4n) is 4.33. The minimum atomic E-state index is -1.69. The van der Waals surface area contributed by atoms with Gasteiger partial charge < -0.3 is 18.9 Å². The Bertz CT molecular complexity index is 2020. The Kier molecular flexibility index (Phi) is 11.3. The Morgan fingerprint density at radius 1 is 0.750 bits per heavy atom. The lowest BCUT2D eigenvalue weighted by atomic mass is 10.0. The summed E-state index contributed by atoms with van der Waals surface area (Å²) >= 11 is 0. The van der Waals surface area contributed by atoms with E-state index >= 15 is 0 Å². The molecule has 4 aromatic rings. The van der Waals surface area contributed by atoms with E-state index in [9.17, 15) is 28.8 Å². The number of rotatable bonds is 13. The summed E-state index contributed by atoms with van der Waals surface area (Å²) in [6.07, 6.45) is -3.85. The smallest absolute Gasteiger partial charge is 0.303 e. The maximum atomic E-state index is 12.6. The number of aromatic nitrogens is 4. The van der Waals surface area contributed by atoms with Crippen molar-refractivity contribution in [1.82, 2.24) is 19.9 Å². The van der Waals surface area contributed by atoms with Crippen molar-refractivity contribution in [2.75, 3.05) is 17.5 Å². The highest BCUT2D eigenvalue weighted by Gasteiger charge is 2.41. The fourth-order valence-corrected chi connectivity index (χ4v) is 4.33. The first-order valence-electron chi connectivity index (χ1n) is 14.2. The van der Waals surface area contributed by atoms with Gasteiger partial charge in [-0.2, -0.15) is 10.2 Å². The maximum absolute atomic E-state index is 12.6. The van der Waals surface area contributed by atoms with Gasteiger partial charge in [-0.15, -0.1) is 0 Å². The number of carbonyl (C=O) groups excluding carboxylic acids is 4. The number of ether oxygens (including phenoxy) is 4. The third-order valence-electron chi connectivity index (χ3n) is 6.20. The molecular formula is C30H30N8O10. The third-order valence-corrected chi connectivity index (χ3v) is 6.20. The molecule has 0 aliphatic heterocycles. The number of nitrogens with zero attached hydrogens (tertiary/aromatic N) is 4. The minimum absolute atomic E-state index is 0.0731. The van der Waals surface area contributed by atoms with Gasteiger partial charge in [0.15, 0.2) is 18.3 Å². The number of hydrogen-bond donors (Lipinski definition) is 4. The van der Waals surface area contributed by atoms with Gasteiger partial charge in [0.2, 0.25) is 11.9 Å². The Balaban J connectivity index is 1.81. The summed E-state index contributed by atoms with van der Waals surface area (Å²) < 4.78 is 21.3. The van der Waals surface area contributed by atoms with Crippen molar-refractivity contribution < 1.29 is 38.1 Å². The molecule has 0 saturated heterocycles. The number of H-pyrrole nitrogens is 2. The molecule has 0 bridgehead atoms. The van der Waals surface area contributed by atoms with Crippen molar-refractivity contribution in [3.05, 3.63) is 69.2 Å². The number of fused-ring (bicyclic) bond motifs is 2. The van der Waals surface area contributed by atoms with Crippen molar-refractivity contribution >= 4 is 69.5 Å². The standard InChI is InChI=1S/C30H30N8O10/c1-15(39)45-14-24(46-16(2)40)26(48-18(4)42)25(47-17(3)41)23(36-38-30-33-22-12-8-6-10-20(22)28(44)35-30)13-31-37-29-32-21-11-7-5-9-19(21)27(43)34-29/h5-13,24-26H,14H2,1-4H3,(H2,32,34,37,43)(H2,33,35,38,44)/b31-13-,36-23+. The highest BCUT2D eigenvalue weighted by atomic mass is 16.6. The van der Waals surface area contributed by atoms with Gasteiger partial charge in [-0.05, 0) is 24.3 Å². The van der Waals surface area contributed by atoms with E-state index in [1.54, 1.807) is 48.5 Å². The molecule has 0 spiro atoms. The molecular weight excluding hydrogens is 632 g/mol. The summed E-state index contributed by atoms with van der Waals surface area (Å²) in [6, 6.07) is 13.1. The summed E-state index contributed by atoms with van der Waals surface area (Å²) in [5.74, 6) is -3.59. The monoisotopic (exact) mass is 662 g/mol. The van der Waals surface area contributed by atoms with Crippen LogP contribution >= 0.6 is 0 Å². The lowest BCUT2D eigenvalue weighted by Gasteiger charge is -2.31. The molecule has 0 radical (unpaired) electrons. The van der Waals surface area contributed by atoms with Gasteiger partial charge in [-0.25, -0.2) is 20.8 Å². The highest BCUT2D eigenvalue weighted by molar-refractivity contribution is 6.33. The van der Waals surface area contributed by atoms with E-state index < -0.39 is 59.9 Å². The second-order valence-electron chi connectivity index (χ2n) is 9.94. The van der Waals surface area contributed by atoms with Crippen molar-refractivity contribution in [3.63, 3.8) is 0 Å². The molecule has 0 saturated carbocycles. The second kappa shape index (κ2) is 15.7. The van der Waals surface area contributed by atoms with Crippen LogP contribution in [0.1, 0.15) is 27.7 Å². The molecule has 48 heavy (non-hydrogen) atoms. The number of nitrogens with one attached hydrogen (secondary N) is 4. The zero-order chi connectivity index (χ0) is 34.8. The average molecular weight is 663 g/mol. The van der Waals surface area contributed by atoms with Crippen LogP contribution < -0.4 is 22.0 Å². The molecule has 2 aromatic carbocycles. The number of benzene rings is 2. The van der Waals surface area contributed by atoms with Gasteiger partial charge in [0, 0.05) is 27.7 Å². The van der Waals surface area contributed by atoms with Crippen molar-refractivity contribution in [2.45, 2.75) is 46.0 Å². The molecule has 3 atom stereocenters. The van der Waals surface area contributed by atoms with E-state index in [-0.39, 0.29) is 17.6 Å². The van der Waals surface area contributed by atoms with Gasteiger partial charge >= 0.3 is 23.9 Å². The summed E-state index contributed by atoms with van der Waals surface area (Å²) in [4.78, 5) is 87.1. The second-order valence-corrected chi connectivity index (χ2v) is 9.94. The van der Waals surface area contributed by atoms with Gasteiger partial charge in [0.05, 0.1) is 28.0 Å². The van der Waals surface area contributed by atoms with Crippen LogP contribution in [-0.2, 0) is 38.1 Å². The third kappa shape index (κ3) is 9.28. The molecule has 250 valence electrons. The SMILES string of the molecule is CC(=O)OCC(OC(C)=O)C(OC(C)=O)C(OC(C)=O)C(/C=N\Nc1nc2ccccc2c(=O)[nH]1)=N/Nc1nc2ccccc2c(=O)[nH]1. The number of hydrazone groups is 2. The molecule has 0 amide bonds. The Labute approximate surface area is 270 Å². The van der Waals surface area contributed by atoms with E-state index in [0.29, 0.717) is 21.8 Å². The molecule has 2 heterocycles. The van der Waals surface area contributed by atoms with Crippen molar-refractivity contribution in [1.29, 1.82) is 0 Å². The van der Waals surface area contributed by atoms with Crippen LogP contribution in [0.15, 0.2) is 68.3 Å². The van der Waals surface area contributed by atoms with Crippen LogP contribution in [0.3, 0.4) is 0 Å². The molecule has 0 aliphatic carbocycles. The molecule has 18 heteroatoms. The Hall–Kier alpha value is -6.46. The summed E-state index contributed by atoms with van der Waals surface area (Å²) in [7, 11) is 0. The Morgan fingerprint density at radius 2 is 1.27 bits per heavy atom. The predicted molar refractivity (Wildman–Crippen MR) is 171 cm³/mol.